The number of rotatable bonds is 7. The molecule has 1 amide bonds. The maximum absolute atomic E-state index is 12.2. The van der Waals surface area contributed by atoms with Crippen molar-refractivity contribution in [2.75, 3.05) is 32.1 Å². The first-order valence-corrected chi connectivity index (χ1v) is 12.9. The summed E-state index contributed by atoms with van der Waals surface area (Å²) >= 11 is 6.51. The molecule has 1 aliphatic heterocycles. The Morgan fingerprint density at radius 3 is 2.60 bits per heavy atom. The minimum Gasteiger partial charge on any atom is -0.484 e. The second-order valence-electron chi connectivity index (χ2n) is 9.70. The number of pyridine rings is 1. The van der Waals surface area contributed by atoms with Gasteiger partial charge in [0.15, 0.2) is 12.3 Å². The Morgan fingerprint density at radius 2 is 1.86 bits per heavy atom. The molecule has 3 aromatic rings. The van der Waals surface area contributed by atoms with E-state index in [1.54, 1.807) is 6.20 Å². The minimum atomic E-state index is -0.0640. The highest BCUT2D eigenvalue weighted by Gasteiger charge is 2.21. The van der Waals surface area contributed by atoms with Crippen molar-refractivity contribution in [3.8, 4) is 17.1 Å². The Hall–Kier alpha value is -2.84. The molecule has 1 aromatic carbocycles. The van der Waals surface area contributed by atoms with Crippen molar-refractivity contribution >= 4 is 34.4 Å². The number of hydrogen-bond donors (Lipinski definition) is 3. The number of amides is 1. The van der Waals surface area contributed by atoms with Crippen LogP contribution in [-0.4, -0.2) is 64.6 Å². The van der Waals surface area contributed by atoms with Crippen molar-refractivity contribution in [1.82, 2.24) is 25.2 Å². The van der Waals surface area contributed by atoms with Crippen LogP contribution in [0, 0.1) is 0 Å². The Balaban J connectivity index is 1.24. The standard InChI is InChI=1S/C26H33ClN6O2/c1-33-13-11-19(12-14-33)30-23-21(27)15-28-26-24(23)31-25(32-26)17-7-9-20(10-8-17)35-16-22(34)29-18-5-3-2-4-6-18/h7-10,15,18-19H,2-6,11-14,16H2,1H3,(H,29,34)(H2,28,30,31,32). The fourth-order valence-electron chi connectivity index (χ4n) is 4.94. The SMILES string of the molecule is CN1CCC(Nc2c(Cl)cnc3[nH]c(-c4ccc(OCC(=O)NC5CCCCC5)cc4)nc23)CC1. The van der Waals surface area contributed by atoms with Crippen molar-refractivity contribution in [3.63, 3.8) is 0 Å². The van der Waals surface area contributed by atoms with Gasteiger partial charge >= 0.3 is 0 Å². The minimum absolute atomic E-state index is 0.0227. The molecule has 2 fully saturated rings. The van der Waals surface area contributed by atoms with Crippen molar-refractivity contribution in [2.45, 2.75) is 57.0 Å². The van der Waals surface area contributed by atoms with Crippen molar-refractivity contribution in [2.24, 2.45) is 0 Å². The topological polar surface area (TPSA) is 95.2 Å². The highest BCUT2D eigenvalue weighted by Crippen LogP contribution is 2.32. The molecule has 0 unspecified atom stereocenters. The van der Waals surface area contributed by atoms with E-state index in [0.29, 0.717) is 28.3 Å². The van der Waals surface area contributed by atoms with Crippen molar-refractivity contribution < 1.29 is 9.53 Å². The Labute approximate surface area is 210 Å². The predicted molar refractivity (Wildman–Crippen MR) is 139 cm³/mol. The van der Waals surface area contributed by atoms with Crippen LogP contribution in [0.4, 0.5) is 5.69 Å². The maximum atomic E-state index is 12.2. The second-order valence-corrected chi connectivity index (χ2v) is 10.1. The smallest absolute Gasteiger partial charge is 0.258 e. The molecule has 5 rings (SSSR count). The quantitative estimate of drug-likeness (QED) is 0.442. The molecule has 8 nitrogen and oxygen atoms in total. The van der Waals surface area contributed by atoms with E-state index in [2.05, 4.69) is 32.5 Å². The first-order chi connectivity index (χ1) is 17.0. The Kier molecular flexibility index (Phi) is 7.39. The van der Waals surface area contributed by atoms with E-state index in [9.17, 15) is 4.79 Å². The number of halogens is 1. The lowest BCUT2D eigenvalue weighted by atomic mass is 9.95. The molecule has 35 heavy (non-hydrogen) atoms. The summed E-state index contributed by atoms with van der Waals surface area (Å²) in [5.41, 5.74) is 3.17. The third kappa shape index (κ3) is 5.87. The maximum Gasteiger partial charge on any atom is 0.258 e. The molecular weight excluding hydrogens is 464 g/mol. The average molecular weight is 497 g/mol. The normalized spacial score (nSPS) is 18.0. The van der Waals surface area contributed by atoms with Gasteiger partial charge in [0, 0.05) is 17.6 Å². The molecule has 2 aromatic heterocycles. The van der Waals surface area contributed by atoms with E-state index in [1.807, 2.05) is 24.3 Å². The molecule has 0 bridgehead atoms. The van der Waals surface area contributed by atoms with E-state index in [0.717, 1.165) is 55.5 Å². The Morgan fingerprint density at radius 1 is 1.11 bits per heavy atom. The molecule has 0 atom stereocenters. The molecular formula is C26H33ClN6O2. The van der Waals surface area contributed by atoms with Crippen LogP contribution in [0.1, 0.15) is 44.9 Å². The summed E-state index contributed by atoms with van der Waals surface area (Å²) in [7, 11) is 2.15. The van der Waals surface area contributed by atoms with Crippen LogP contribution >= 0.6 is 11.6 Å². The zero-order chi connectivity index (χ0) is 24.2. The molecule has 1 saturated carbocycles. The summed E-state index contributed by atoms with van der Waals surface area (Å²) in [6, 6.07) is 8.22. The summed E-state index contributed by atoms with van der Waals surface area (Å²) < 4.78 is 5.70. The van der Waals surface area contributed by atoms with Crippen LogP contribution < -0.4 is 15.4 Å². The number of aromatic amines is 1. The summed E-state index contributed by atoms with van der Waals surface area (Å²) in [4.78, 5) is 27.1. The van der Waals surface area contributed by atoms with Gasteiger partial charge in [-0.05, 0) is 70.1 Å². The van der Waals surface area contributed by atoms with E-state index in [-0.39, 0.29) is 18.6 Å². The number of ether oxygens (including phenoxy) is 1. The number of nitrogens with zero attached hydrogens (tertiary/aromatic N) is 3. The predicted octanol–water partition coefficient (Wildman–Crippen LogP) is 4.61. The average Bonchev–Trinajstić information content (AvgIpc) is 3.31. The second kappa shape index (κ2) is 10.8. The first-order valence-electron chi connectivity index (χ1n) is 12.6. The summed E-state index contributed by atoms with van der Waals surface area (Å²) in [5, 5.41) is 7.26. The summed E-state index contributed by atoms with van der Waals surface area (Å²) in [5.74, 6) is 1.29. The lowest BCUT2D eigenvalue weighted by Gasteiger charge is -2.30. The van der Waals surface area contributed by atoms with Crippen LogP contribution in [0.25, 0.3) is 22.6 Å². The monoisotopic (exact) mass is 496 g/mol. The van der Waals surface area contributed by atoms with Gasteiger partial charge in [-0.25, -0.2) is 9.97 Å². The highest BCUT2D eigenvalue weighted by molar-refractivity contribution is 6.34. The van der Waals surface area contributed by atoms with Gasteiger partial charge in [0.1, 0.15) is 17.1 Å². The third-order valence-corrected chi connectivity index (χ3v) is 7.29. The molecule has 3 heterocycles. The van der Waals surface area contributed by atoms with Gasteiger partial charge < -0.3 is 25.3 Å². The molecule has 186 valence electrons. The van der Waals surface area contributed by atoms with Crippen LogP contribution in [0.15, 0.2) is 30.5 Å². The van der Waals surface area contributed by atoms with Crippen LogP contribution in [0.2, 0.25) is 5.02 Å². The van der Waals surface area contributed by atoms with Gasteiger partial charge in [-0.15, -0.1) is 0 Å². The molecule has 0 radical (unpaired) electrons. The number of fused-ring (bicyclic) bond motifs is 1. The third-order valence-electron chi connectivity index (χ3n) is 7.00. The Bertz CT molecular complexity index is 1150. The zero-order valence-electron chi connectivity index (χ0n) is 20.1. The largest absolute Gasteiger partial charge is 0.484 e. The van der Waals surface area contributed by atoms with E-state index in [1.165, 1.54) is 19.3 Å². The number of carbonyl (C=O) groups is 1. The first kappa shape index (κ1) is 23.9. The summed E-state index contributed by atoms with van der Waals surface area (Å²) in [6.07, 6.45) is 9.56. The molecule has 3 N–H and O–H groups in total. The van der Waals surface area contributed by atoms with Gasteiger partial charge in [-0.2, -0.15) is 0 Å². The molecule has 1 saturated heterocycles. The highest BCUT2D eigenvalue weighted by atomic mass is 35.5. The molecule has 9 heteroatoms. The molecule has 2 aliphatic rings. The van der Waals surface area contributed by atoms with E-state index >= 15 is 0 Å². The number of likely N-dealkylation sites (tertiary alicyclic amines) is 1. The lowest BCUT2D eigenvalue weighted by Crippen LogP contribution is -2.38. The van der Waals surface area contributed by atoms with Crippen molar-refractivity contribution in [3.05, 3.63) is 35.5 Å². The van der Waals surface area contributed by atoms with Crippen LogP contribution in [0.3, 0.4) is 0 Å². The van der Waals surface area contributed by atoms with Gasteiger partial charge in [0.05, 0.1) is 16.9 Å². The van der Waals surface area contributed by atoms with E-state index < -0.39 is 0 Å². The fraction of sp³-hybridized carbons (Fsp3) is 0.500. The van der Waals surface area contributed by atoms with Crippen LogP contribution in [-0.2, 0) is 4.79 Å². The number of nitrogens with one attached hydrogen (secondary N) is 3. The van der Waals surface area contributed by atoms with Gasteiger partial charge in [-0.3, -0.25) is 4.79 Å². The van der Waals surface area contributed by atoms with Crippen LogP contribution in [0.5, 0.6) is 5.75 Å². The fourth-order valence-corrected chi connectivity index (χ4v) is 5.13. The van der Waals surface area contributed by atoms with Gasteiger partial charge in [-0.1, -0.05) is 30.9 Å². The number of carbonyl (C=O) groups excluding carboxylic acids is 1. The number of benzene rings is 1. The van der Waals surface area contributed by atoms with E-state index in [4.69, 9.17) is 21.3 Å². The number of anilines is 1. The van der Waals surface area contributed by atoms with Crippen molar-refractivity contribution in [1.29, 1.82) is 0 Å². The molecule has 1 aliphatic carbocycles. The summed E-state index contributed by atoms with van der Waals surface area (Å²) in [6.45, 7) is 2.15. The number of aromatic nitrogens is 3. The number of H-pyrrole nitrogens is 1. The van der Waals surface area contributed by atoms with Gasteiger partial charge in [0.25, 0.3) is 5.91 Å². The molecule has 0 spiro atoms. The number of piperidine rings is 1. The lowest BCUT2D eigenvalue weighted by molar-refractivity contribution is -0.124. The zero-order valence-corrected chi connectivity index (χ0v) is 20.9. The number of imidazole rings is 1. The number of hydrogen-bond acceptors (Lipinski definition) is 6. The van der Waals surface area contributed by atoms with Gasteiger partial charge in [0.2, 0.25) is 0 Å².